The largest absolute Gasteiger partial charge is 0.416 e. The minimum absolute atomic E-state index is 0.0197. The first-order valence-electron chi connectivity index (χ1n) is 9.37. The van der Waals surface area contributed by atoms with Crippen molar-refractivity contribution in [2.75, 3.05) is 23.7 Å². The van der Waals surface area contributed by atoms with E-state index in [1.54, 1.807) is 0 Å². The predicted octanol–water partition coefficient (Wildman–Crippen LogP) is 2.54. The molecule has 1 saturated heterocycles. The highest BCUT2D eigenvalue weighted by Crippen LogP contribution is 2.33. The van der Waals surface area contributed by atoms with Gasteiger partial charge in [0, 0.05) is 19.2 Å². The van der Waals surface area contributed by atoms with Gasteiger partial charge in [-0.3, -0.25) is 0 Å². The topological polar surface area (TPSA) is 89.6 Å². The van der Waals surface area contributed by atoms with E-state index in [4.69, 9.17) is 0 Å². The lowest BCUT2D eigenvalue weighted by molar-refractivity contribution is -0.137. The fourth-order valence-corrected chi connectivity index (χ4v) is 4.42. The summed E-state index contributed by atoms with van der Waals surface area (Å²) in [7, 11) is -4.01. The van der Waals surface area contributed by atoms with Crippen LogP contribution < -0.4 is 10.6 Å². The second-order valence-electron chi connectivity index (χ2n) is 7.28. The highest BCUT2D eigenvalue weighted by molar-refractivity contribution is 7.91. The Morgan fingerprint density at radius 1 is 1.22 bits per heavy atom. The molecular formula is C18H16F5N5O3S. The quantitative estimate of drug-likeness (QED) is 0.537. The minimum atomic E-state index is -4.67. The van der Waals surface area contributed by atoms with Gasteiger partial charge in [0.25, 0.3) is 5.92 Å². The molecule has 0 atom stereocenters. The van der Waals surface area contributed by atoms with E-state index >= 15 is 0 Å². The molecule has 4 rings (SSSR count). The molecule has 3 aromatic rings. The summed E-state index contributed by atoms with van der Waals surface area (Å²) in [6.45, 7) is 0.709. The van der Waals surface area contributed by atoms with Crippen LogP contribution in [0.25, 0.3) is 11.5 Å². The Hall–Kier alpha value is -3.03. The third-order valence-corrected chi connectivity index (χ3v) is 6.85. The Labute approximate surface area is 177 Å². The van der Waals surface area contributed by atoms with Crippen LogP contribution in [-0.4, -0.2) is 52.3 Å². The van der Waals surface area contributed by atoms with Gasteiger partial charge in [-0.15, -0.1) is 5.10 Å². The number of aromatic nitrogens is 4. The molecule has 32 heavy (non-hydrogen) atoms. The third-order valence-electron chi connectivity index (χ3n) is 5.12. The van der Waals surface area contributed by atoms with Gasteiger partial charge < -0.3 is 4.90 Å². The van der Waals surface area contributed by atoms with Crippen LogP contribution >= 0.6 is 0 Å². The maximum atomic E-state index is 13.6. The molecule has 0 unspecified atom stereocenters. The van der Waals surface area contributed by atoms with Crippen molar-refractivity contribution >= 4 is 21.2 Å². The van der Waals surface area contributed by atoms with E-state index in [1.807, 2.05) is 0 Å². The van der Waals surface area contributed by atoms with Gasteiger partial charge in [0.05, 0.1) is 29.7 Å². The molecule has 0 bridgehead atoms. The Balaban J connectivity index is 1.89. The number of fused-ring (bicyclic) bond motifs is 1. The van der Waals surface area contributed by atoms with Crippen LogP contribution in [0.5, 0.6) is 0 Å². The van der Waals surface area contributed by atoms with Crippen molar-refractivity contribution in [2.24, 2.45) is 0 Å². The summed E-state index contributed by atoms with van der Waals surface area (Å²) in [4.78, 5) is 17.5. The van der Waals surface area contributed by atoms with Gasteiger partial charge in [-0.1, -0.05) is 6.92 Å². The zero-order valence-corrected chi connectivity index (χ0v) is 17.3. The summed E-state index contributed by atoms with van der Waals surface area (Å²) >= 11 is 0. The number of pyridine rings is 2. The molecule has 0 spiro atoms. The minimum Gasteiger partial charge on any atom is -0.364 e. The summed E-state index contributed by atoms with van der Waals surface area (Å²) in [5.41, 5.74) is -2.22. The van der Waals surface area contributed by atoms with E-state index in [2.05, 4.69) is 10.1 Å². The molecule has 1 aliphatic heterocycles. The van der Waals surface area contributed by atoms with E-state index in [1.165, 1.54) is 11.8 Å². The molecule has 172 valence electrons. The van der Waals surface area contributed by atoms with Crippen LogP contribution in [0.2, 0.25) is 0 Å². The zero-order valence-electron chi connectivity index (χ0n) is 16.5. The second kappa shape index (κ2) is 7.25. The zero-order chi connectivity index (χ0) is 23.5. The van der Waals surface area contributed by atoms with Crippen molar-refractivity contribution in [3.8, 4) is 5.82 Å². The number of rotatable bonds is 4. The average Bonchev–Trinajstić information content (AvgIpc) is 3.25. The number of hydrogen-bond acceptors (Lipinski definition) is 6. The summed E-state index contributed by atoms with van der Waals surface area (Å²) < 4.78 is 92.9. The number of sulfone groups is 1. The van der Waals surface area contributed by atoms with Gasteiger partial charge in [0.1, 0.15) is 4.90 Å². The van der Waals surface area contributed by atoms with E-state index in [9.17, 15) is 35.2 Å². The van der Waals surface area contributed by atoms with Crippen LogP contribution in [0.1, 0.15) is 18.9 Å². The lowest BCUT2D eigenvalue weighted by Gasteiger charge is -2.19. The van der Waals surface area contributed by atoms with Crippen LogP contribution in [0.15, 0.2) is 40.3 Å². The van der Waals surface area contributed by atoms with Gasteiger partial charge in [0.2, 0.25) is 0 Å². The molecule has 4 heterocycles. The lowest BCUT2D eigenvalue weighted by Crippen LogP contribution is -2.26. The maximum absolute atomic E-state index is 13.6. The number of hydrogen-bond donors (Lipinski definition) is 0. The smallest absolute Gasteiger partial charge is 0.364 e. The van der Waals surface area contributed by atoms with Gasteiger partial charge >= 0.3 is 11.9 Å². The molecule has 14 heteroatoms. The molecule has 8 nitrogen and oxygen atoms in total. The van der Waals surface area contributed by atoms with Crippen molar-refractivity contribution in [1.29, 1.82) is 0 Å². The molecule has 1 aliphatic rings. The van der Waals surface area contributed by atoms with Crippen molar-refractivity contribution in [3.63, 3.8) is 0 Å². The van der Waals surface area contributed by atoms with Gasteiger partial charge in [0.15, 0.2) is 21.3 Å². The molecule has 1 fully saturated rings. The molecule has 0 amide bonds. The normalized spacial score (nSPS) is 16.8. The monoisotopic (exact) mass is 477 g/mol. The molecule has 0 saturated carbocycles. The molecule has 0 aromatic carbocycles. The summed E-state index contributed by atoms with van der Waals surface area (Å²) in [5.74, 6) is -3.75. The molecule has 0 aliphatic carbocycles. The first-order valence-corrected chi connectivity index (χ1v) is 11.0. The number of halogens is 5. The van der Waals surface area contributed by atoms with Crippen molar-refractivity contribution in [2.45, 2.75) is 30.3 Å². The molecular weight excluding hydrogens is 461 g/mol. The standard InChI is InChI=1S/C18H16F5N5O3S/c1-2-32(30,31)13-8-12(26-6-4-17(19,20)10-26)9-24-15(13)28-16(29)27-5-3-11(18(21,22)23)7-14(27)25-28/h3,5,7-9H,2,4,6,10H2,1H3. The Bertz CT molecular complexity index is 1360. The highest BCUT2D eigenvalue weighted by atomic mass is 32.2. The second-order valence-corrected chi connectivity index (χ2v) is 9.53. The summed E-state index contributed by atoms with van der Waals surface area (Å²) in [6.07, 6.45) is -3.07. The molecule has 3 aromatic heterocycles. The van der Waals surface area contributed by atoms with Gasteiger partial charge in [-0.25, -0.2) is 31.4 Å². The van der Waals surface area contributed by atoms with Crippen LogP contribution in [-0.2, 0) is 16.0 Å². The number of anilines is 1. The van der Waals surface area contributed by atoms with Crippen LogP contribution in [0.4, 0.5) is 27.6 Å². The first-order chi connectivity index (χ1) is 14.8. The summed E-state index contributed by atoms with van der Waals surface area (Å²) in [5, 5.41) is 3.82. The number of alkyl halides is 5. The van der Waals surface area contributed by atoms with Crippen LogP contribution in [0, 0.1) is 0 Å². The Morgan fingerprint density at radius 3 is 2.53 bits per heavy atom. The van der Waals surface area contributed by atoms with E-state index in [-0.39, 0.29) is 23.6 Å². The van der Waals surface area contributed by atoms with Crippen molar-refractivity contribution < 1.29 is 30.4 Å². The van der Waals surface area contributed by atoms with Crippen molar-refractivity contribution in [3.05, 3.63) is 46.6 Å². The predicted molar refractivity (Wildman–Crippen MR) is 103 cm³/mol. The molecule has 0 radical (unpaired) electrons. The first kappa shape index (κ1) is 22.2. The Morgan fingerprint density at radius 2 is 1.94 bits per heavy atom. The Kier molecular flexibility index (Phi) is 5.02. The fourth-order valence-electron chi connectivity index (χ4n) is 3.39. The number of nitrogens with zero attached hydrogens (tertiary/aromatic N) is 5. The van der Waals surface area contributed by atoms with Gasteiger partial charge in [-0.2, -0.15) is 17.9 Å². The van der Waals surface area contributed by atoms with Crippen LogP contribution in [0.3, 0.4) is 0 Å². The highest BCUT2D eigenvalue weighted by Gasteiger charge is 2.39. The van der Waals surface area contributed by atoms with Crippen molar-refractivity contribution in [1.82, 2.24) is 19.2 Å². The maximum Gasteiger partial charge on any atom is 0.416 e. The average molecular weight is 477 g/mol. The summed E-state index contributed by atoms with van der Waals surface area (Å²) in [6, 6.07) is 2.46. The van der Waals surface area contributed by atoms with E-state index in [0.29, 0.717) is 16.8 Å². The molecule has 0 N–H and O–H groups in total. The van der Waals surface area contributed by atoms with E-state index in [0.717, 1.165) is 22.9 Å². The fraction of sp³-hybridized carbons (Fsp3) is 0.389. The lowest BCUT2D eigenvalue weighted by atomic mass is 10.2. The third kappa shape index (κ3) is 3.82. The van der Waals surface area contributed by atoms with E-state index < -0.39 is 56.9 Å². The SMILES string of the molecule is CCS(=O)(=O)c1cc(N2CCC(F)(F)C2)cnc1-n1nc2cc(C(F)(F)F)ccn2c1=O. The van der Waals surface area contributed by atoms with Gasteiger partial charge in [-0.05, 0) is 18.2 Å².